The normalized spacial score (nSPS) is 28.8. The summed E-state index contributed by atoms with van der Waals surface area (Å²) in [4.78, 5) is 34.7. The number of para-hydroxylation sites is 1. The third-order valence-corrected chi connectivity index (χ3v) is 10.3. The molecule has 1 aliphatic carbocycles. The van der Waals surface area contributed by atoms with Crippen LogP contribution in [0, 0.1) is 5.41 Å². The third kappa shape index (κ3) is 6.78. The number of hydroxylamine groups is 2. The number of nitrogens with zero attached hydrogens (tertiary/aromatic N) is 1. The average molecular weight is 663 g/mol. The molecule has 2 aromatic carbocycles. The summed E-state index contributed by atoms with van der Waals surface area (Å²) in [6, 6.07) is 14.2. The van der Waals surface area contributed by atoms with E-state index in [-0.39, 0.29) is 37.8 Å². The van der Waals surface area contributed by atoms with Crippen molar-refractivity contribution in [2.24, 2.45) is 5.41 Å². The minimum Gasteiger partial charge on any atom is -0.508 e. The van der Waals surface area contributed by atoms with Gasteiger partial charge in [0, 0.05) is 25.8 Å². The maximum absolute atomic E-state index is 14.1. The molecule has 0 unspecified atom stereocenters. The predicted molar refractivity (Wildman–Crippen MR) is 179 cm³/mol. The van der Waals surface area contributed by atoms with Gasteiger partial charge in [0.05, 0.1) is 13.2 Å². The van der Waals surface area contributed by atoms with Crippen molar-refractivity contribution in [3.8, 4) is 5.75 Å². The number of benzene rings is 2. The Labute approximate surface area is 283 Å². The molecule has 1 amide bonds. The number of unbranched alkanes of at least 4 members (excludes halogenated alkanes) is 4. The summed E-state index contributed by atoms with van der Waals surface area (Å²) >= 11 is 0. The Morgan fingerprint density at radius 1 is 1.02 bits per heavy atom. The Bertz CT molecular complexity index is 1450. The number of allylic oxidation sites excluding steroid dienone is 1. The highest BCUT2D eigenvalue weighted by atomic mass is 16.8. The van der Waals surface area contributed by atoms with Crippen molar-refractivity contribution in [3.63, 3.8) is 0 Å². The first-order valence-electron chi connectivity index (χ1n) is 17.7. The van der Waals surface area contributed by atoms with Crippen LogP contribution in [-0.2, 0) is 41.6 Å². The van der Waals surface area contributed by atoms with Crippen molar-refractivity contribution < 1.29 is 38.9 Å². The first-order valence-corrected chi connectivity index (χ1v) is 17.7. The smallest absolute Gasteiger partial charge is 0.327 e. The Morgan fingerprint density at radius 2 is 1.77 bits per heavy atom. The van der Waals surface area contributed by atoms with E-state index in [1.54, 1.807) is 17.2 Å². The zero-order valence-electron chi connectivity index (χ0n) is 28.1. The lowest BCUT2D eigenvalue weighted by Crippen LogP contribution is -2.69. The van der Waals surface area contributed by atoms with Gasteiger partial charge in [0.15, 0.2) is 11.8 Å². The van der Waals surface area contributed by atoms with E-state index in [0.29, 0.717) is 6.42 Å². The second-order valence-electron chi connectivity index (χ2n) is 13.7. The van der Waals surface area contributed by atoms with Crippen molar-refractivity contribution in [3.05, 3.63) is 71.3 Å². The number of aliphatic hydroxyl groups excluding tert-OH is 1. The van der Waals surface area contributed by atoms with E-state index < -0.39 is 47.6 Å². The summed E-state index contributed by atoms with van der Waals surface area (Å²) in [5.74, 6) is -1.41. The molecule has 3 aliphatic heterocycles. The summed E-state index contributed by atoms with van der Waals surface area (Å²) < 4.78 is 19.8. The van der Waals surface area contributed by atoms with Crippen LogP contribution < -0.4 is 5.32 Å². The Kier molecular flexibility index (Phi) is 10.9. The summed E-state index contributed by atoms with van der Waals surface area (Å²) in [5.41, 5.74) is 1.43. The maximum Gasteiger partial charge on any atom is 0.327 e. The van der Waals surface area contributed by atoms with E-state index in [4.69, 9.17) is 19.0 Å². The minimum absolute atomic E-state index is 0.0678. The first-order chi connectivity index (χ1) is 23.3. The largest absolute Gasteiger partial charge is 0.508 e. The van der Waals surface area contributed by atoms with Gasteiger partial charge in [-0.15, -0.1) is 0 Å². The molecule has 3 N–H and O–H groups in total. The van der Waals surface area contributed by atoms with Gasteiger partial charge in [-0.2, -0.15) is 5.06 Å². The molecule has 3 heterocycles. The highest BCUT2D eigenvalue weighted by Crippen LogP contribution is 2.58. The molecule has 4 fully saturated rings. The van der Waals surface area contributed by atoms with E-state index in [1.165, 1.54) is 0 Å². The predicted octanol–water partition coefficient (Wildman–Crippen LogP) is 5.20. The Morgan fingerprint density at radius 3 is 2.50 bits per heavy atom. The fraction of sp³-hybridized carbons (Fsp3) is 0.579. The molecule has 3 saturated heterocycles. The number of carbonyl (C=O) groups excluding carboxylic acids is 2. The van der Waals surface area contributed by atoms with Gasteiger partial charge in [-0.3, -0.25) is 14.4 Å². The lowest BCUT2D eigenvalue weighted by atomic mass is 9.62. The second-order valence-corrected chi connectivity index (χ2v) is 13.7. The van der Waals surface area contributed by atoms with Crippen LogP contribution in [0.2, 0.25) is 0 Å². The highest BCUT2D eigenvalue weighted by molar-refractivity contribution is 5.93. The van der Waals surface area contributed by atoms with Gasteiger partial charge < -0.3 is 29.7 Å². The number of carbonyl (C=O) groups is 2. The van der Waals surface area contributed by atoms with Gasteiger partial charge in [0.2, 0.25) is 5.91 Å². The van der Waals surface area contributed by atoms with Crippen LogP contribution in [-0.4, -0.2) is 76.5 Å². The number of aliphatic hydroxyl groups is 1. The molecule has 10 heteroatoms. The molecule has 4 aliphatic rings. The van der Waals surface area contributed by atoms with Crippen LogP contribution in [0.3, 0.4) is 0 Å². The van der Waals surface area contributed by atoms with Crippen molar-refractivity contribution in [1.82, 2.24) is 10.4 Å². The van der Waals surface area contributed by atoms with E-state index >= 15 is 0 Å². The zero-order valence-corrected chi connectivity index (χ0v) is 28.1. The van der Waals surface area contributed by atoms with Crippen LogP contribution in [0.1, 0.15) is 88.3 Å². The van der Waals surface area contributed by atoms with Crippen molar-refractivity contribution in [1.29, 1.82) is 0 Å². The molecule has 48 heavy (non-hydrogen) atoms. The molecule has 0 radical (unpaired) electrons. The topological polar surface area (TPSA) is 127 Å². The molecule has 6 rings (SSSR count). The molecule has 1 saturated carbocycles. The number of esters is 1. The summed E-state index contributed by atoms with van der Waals surface area (Å²) in [6.45, 7) is 4.43. The van der Waals surface area contributed by atoms with Crippen LogP contribution in [0.4, 0.5) is 0 Å². The van der Waals surface area contributed by atoms with Gasteiger partial charge in [-0.1, -0.05) is 94.1 Å². The number of aromatic hydroxyl groups is 1. The van der Waals surface area contributed by atoms with Crippen molar-refractivity contribution in [2.45, 2.75) is 121 Å². The zero-order chi connectivity index (χ0) is 33.7. The van der Waals surface area contributed by atoms with Crippen LogP contribution >= 0.6 is 0 Å². The van der Waals surface area contributed by atoms with Gasteiger partial charge in [-0.05, 0) is 42.0 Å². The summed E-state index contributed by atoms with van der Waals surface area (Å²) in [7, 11) is 0. The number of rotatable bonds is 16. The van der Waals surface area contributed by atoms with E-state index in [1.807, 2.05) is 48.6 Å². The summed E-state index contributed by atoms with van der Waals surface area (Å²) in [5, 5.41) is 24.1. The molecule has 0 aromatic heterocycles. The van der Waals surface area contributed by atoms with Gasteiger partial charge in [-0.25, -0.2) is 0 Å². The fourth-order valence-corrected chi connectivity index (χ4v) is 8.01. The van der Waals surface area contributed by atoms with Crippen LogP contribution in [0.25, 0.3) is 6.08 Å². The quantitative estimate of drug-likeness (QED) is 0.164. The number of hydrogen-bond donors (Lipinski definition) is 3. The number of amides is 1. The standard InChI is InChI=1S/C38H50N2O8/c1-3-5-9-19-37(20-10-6-4-2)46-31-30-24-38(36(44)39-21-22-41)33(35(43)45-30)40(48-34(38)32(31)47-37)25-27-15-11-13-26(23-27)14-12-17-28-16-7-8-18-29(28)42/h7-8,11-16,18,23,30-34,41-42H,3-6,9-10,17,19-22,24-25H2,1-2H3,(H,39,44)/t30-,31+,32+,33+,34-,38+/m1/s1. The minimum atomic E-state index is -1.27. The average Bonchev–Trinajstić information content (AvgIpc) is 3.63. The summed E-state index contributed by atoms with van der Waals surface area (Å²) in [6.07, 6.45) is 9.89. The maximum atomic E-state index is 14.1. The molecular weight excluding hydrogens is 612 g/mol. The fourth-order valence-electron chi connectivity index (χ4n) is 8.01. The number of phenolic OH excluding ortho intramolecular Hbond substituents is 1. The van der Waals surface area contributed by atoms with Gasteiger partial charge in [0.1, 0.15) is 35.6 Å². The number of ether oxygens (including phenoxy) is 3. The lowest BCUT2D eigenvalue weighted by Gasteiger charge is -2.48. The molecule has 2 aromatic rings. The number of nitrogens with one attached hydrogen (secondary N) is 1. The van der Waals surface area contributed by atoms with E-state index in [2.05, 4.69) is 19.2 Å². The van der Waals surface area contributed by atoms with E-state index in [9.17, 15) is 19.8 Å². The molecule has 0 spiro atoms. The molecule has 260 valence electrons. The second kappa shape index (κ2) is 15.1. The van der Waals surface area contributed by atoms with Crippen molar-refractivity contribution in [2.75, 3.05) is 13.2 Å². The molecule has 10 nitrogen and oxygen atoms in total. The van der Waals surface area contributed by atoms with Gasteiger partial charge in [0.25, 0.3) is 0 Å². The first kappa shape index (κ1) is 34.6. The van der Waals surface area contributed by atoms with Crippen LogP contribution in [0.15, 0.2) is 54.6 Å². The monoisotopic (exact) mass is 662 g/mol. The van der Waals surface area contributed by atoms with E-state index in [0.717, 1.165) is 68.1 Å². The van der Waals surface area contributed by atoms with Gasteiger partial charge >= 0.3 is 5.97 Å². The highest BCUT2D eigenvalue weighted by Gasteiger charge is 2.76. The van der Waals surface area contributed by atoms with Crippen molar-refractivity contribution >= 4 is 18.0 Å². The lowest BCUT2D eigenvalue weighted by molar-refractivity contribution is -0.224. The Balaban J connectivity index is 1.27. The Hall–Kier alpha value is -3.28. The third-order valence-electron chi connectivity index (χ3n) is 10.3. The SMILES string of the molecule is CCCCCC1(CCCCC)O[C@@H]2[C@H](O1)[C@H]1ON(Cc3cccc(C=CCc4ccccc4O)c3)[C@H]3C(=O)O[C@@H]2C[C@@]13C(=O)NCCO. The van der Waals surface area contributed by atoms with Crippen LogP contribution in [0.5, 0.6) is 5.75 Å². The number of phenols is 1. The molecule has 6 atom stereocenters. The molecule has 2 bridgehead atoms. The number of fused-ring (bicyclic) bond motifs is 4. The molecular formula is C38H50N2O8. The number of hydrogen-bond acceptors (Lipinski definition) is 9.